The van der Waals surface area contributed by atoms with Gasteiger partial charge in [0.05, 0.1) is 5.56 Å². The van der Waals surface area contributed by atoms with E-state index in [0.29, 0.717) is 5.82 Å². The van der Waals surface area contributed by atoms with Crippen molar-refractivity contribution in [3.63, 3.8) is 0 Å². The average molecular weight is 208 g/mol. The van der Waals surface area contributed by atoms with Crippen LogP contribution in [0.5, 0.6) is 0 Å². The maximum Gasteiger partial charge on any atom is 0.206 e. The van der Waals surface area contributed by atoms with Crippen LogP contribution in [0.25, 0.3) is 11.4 Å². The first-order valence-electron chi connectivity index (χ1n) is 4.16. The Hall–Kier alpha value is -1.98. The molecule has 0 atom stereocenters. The van der Waals surface area contributed by atoms with Gasteiger partial charge in [0.25, 0.3) is 0 Å². The predicted molar refractivity (Wildman–Crippen MR) is 47.7 cm³/mol. The van der Waals surface area contributed by atoms with Crippen LogP contribution in [0.15, 0.2) is 18.2 Å². The summed E-state index contributed by atoms with van der Waals surface area (Å²) < 4.78 is 25.9. The molecular formula is C9H6F2N4. The highest BCUT2D eigenvalue weighted by molar-refractivity contribution is 5.54. The number of halogens is 2. The minimum atomic E-state index is -0.734. The van der Waals surface area contributed by atoms with E-state index < -0.39 is 11.6 Å². The van der Waals surface area contributed by atoms with E-state index in [-0.39, 0.29) is 11.4 Å². The topological polar surface area (TPSA) is 51.6 Å². The lowest BCUT2D eigenvalue weighted by Crippen LogP contribution is -2.00. The third-order valence-corrected chi connectivity index (χ3v) is 1.75. The highest BCUT2D eigenvalue weighted by Gasteiger charge is 2.09. The van der Waals surface area contributed by atoms with Gasteiger partial charge >= 0.3 is 0 Å². The number of rotatable bonds is 1. The summed E-state index contributed by atoms with van der Waals surface area (Å²) in [7, 11) is 0. The molecule has 76 valence electrons. The number of aromatic nitrogens is 4. The Labute approximate surface area is 84.0 Å². The summed E-state index contributed by atoms with van der Waals surface area (Å²) >= 11 is 0. The quantitative estimate of drug-likeness (QED) is 0.712. The molecule has 0 aliphatic rings. The van der Waals surface area contributed by atoms with Crippen molar-refractivity contribution in [1.29, 1.82) is 0 Å². The molecule has 1 aromatic carbocycles. The van der Waals surface area contributed by atoms with Crippen molar-refractivity contribution in [1.82, 2.24) is 20.4 Å². The smallest absolute Gasteiger partial charge is 0.206 e. The van der Waals surface area contributed by atoms with E-state index in [4.69, 9.17) is 0 Å². The molecule has 1 heterocycles. The molecule has 0 aliphatic heterocycles. The maximum atomic E-state index is 13.3. The molecule has 4 nitrogen and oxygen atoms in total. The second-order valence-corrected chi connectivity index (χ2v) is 2.89. The zero-order valence-electron chi connectivity index (χ0n) is 7.78. The average Bonchev–Trinajstić information content (AvgIpc) is 2.20. The van der Waals surface area contributed by atoms with Crippen LogP contribution < -0.4 is 0 Å². The van der Waals surface area contributed by atoms with Crippen LogP contribution in [0.4, 0.5) is 8.78 Å². The Balaban J connectivity index is 2.49. The van der Waals surface area contributed by atoms with Gasteiger partial charge in [-0.2, -0.15) is 0 Å². The standard InChI is InChI=1S/C9H6F2N4/c1-5-12-14-9(15-13-5)7-3-2-6(10)4-8(7)11/h2-4H,1H3. The van der Waals surface area contributed by atoms with Crippen molar-refractivity contribution in [3.05, 3.63) is 35.7 Å². The molecule has 0 radical (unpaired) electrons. The molecule has 2 aromatic rings. The number of hydrogen-bond acceptors (Lipinski definition) is 4. The molecule has 0 unspecified atom stereocenters. The van der Waals surface area contributed by atoms with E-state index in [0.717, 1.165) is 12.1 Å². The minimum absolute atomic E-state index is 0.0399. The Morgan fingerprint density at radius 1 is 1.00 bits per heavy atom. The monoisotopic (exact) mass is 208 g/mol. The summed E-state index contributed by atoms with van der Waals surface area (Å²) in [6, 6.07) is 3.14. The number of nitrogens with zero attached hydrogens (tertiary/aromatic N) is 4. The van der Waals surface area contributed by atoms with Crippen LogP contribution in [-0.4, -0.2) is 20.4 Å². The normalized spacial score (nSPS) is 10.3. The zero-order valence-corrected chi connectivity index (χ0v) is 7.78. The molecule has 1 aromatic heterocycles. The molecule has 0 fully saturated rings. The van der Waals surface area contributed by atoms with Crippen LogP contribution >= 0.6 is 0 Å². The third-order valence-electron chi connectivity index (χ3n) is 1.75. The molecule has 0 bridgehead atoms. The molecule has 0 spiro atoms. The Morgan fingerprint density at radius 3 is 2.27 bits per heavy atom. The predicted octanol–water partition coefficient (Wildman–Crippen LogP) is 1.52. The van der Waals surface area contributed by atoms with Crippen molar-refractivity contribution < 1.29 is 8.78 Å². The summed E-state index contributed by atoms with van der Waals surface area (Å²) in [5.74, 6) is -0.953. The lowest BCUT2D eigenvalue weighted by atomic mass is 10.2. The first-order valence-corrected chi connectivity index (χ1v) is 4.16. The van der Waals surface area contributed by atoms with E-state index in [9.17, 15) is 8.78 Å². The summed E-state index contributed by atoms with van der Waals surface area (Å²) in [6.07, 6.45) is 0. The molecular weight excluding hydrogens is 202 g/mol. The Morgan fingerprint density at radius 2 is 1.67 bits per heavy atom. The Kier molecular flexibility index (Phi) is 2.32. The molecule has 0 N–H and O–H groups in total. The fraction of sp³-hybridized carbons (Fsp3) is 0.111. The molecule has 6 heteroatoms. The molecule has 0 aliphatic carbocycles. The van der Waals surface area contributed by atoms with Gasteiger partial charge in [-0.1, -0.05) is 0 Å². The van der Waals surface area contributed by atoms with E-state index >= 15 is 0 Å². The van der Waals surface area contributed by atoms with Gasteiger partial charge in [-0.05, 0) is 19.1 Å². The van der Waals surface area contributed by atoms with E-state index in [1.165, 1.54) is 6.07 Å². The minimum Gasteiger partial charge on any atom is -0.207 e. The zero-order chi connectivity index (χ0) is 10.8. The van der Waals surface area contributed by atoms with Gasteiger partial charge in [0.2, 0.25) is 5.82 Å². The van der Waals surface area contributed by atoms with Gasteiger partial charge in [0.15, 0.2) is 5.82 Å². The molecule has 0 saturated heterocycles. The number of benzene rings is 1. The molecule has 0 saturated carbocycles. The summed E-state index contributed by atoms with van der Waals surface area (Å²) in [6.45, 7) is 1.62. The van der Waals surface area contributed by atoms with Gasteiger partial charge in [0, 0.05) is 6.07 Å². The first kappa shape index (κ1) is 9.57. The van der Waals surface area contributed by atoms with Crippen LogP contribution in [0.3, 0.4) is 0 Å². The Bertz CT molecular complexity index is 484. The number of aryl methyl sites for hydroxylation is 1. The SMILES string of the molecule is Cc1nnc(-c2ccc(F)cc2F)nn1. The highest BCUT2D eigenvalue weighted by Crippen LogP contribution is 2.18. The van der Waals surface area contributed by atoms with E-state index in [2.05, 4.69) is 20.4 Å². The summed E-state index contributed by atoms with van der Waals surface area (Å²) in [4.78, 5) is 0. The largest absolute Gasteiger partial charge is 0.207 e. The third kappa shape index (κ3) is 1.93. The van der Waals surface area contributed by atoms with Crippen molar-refractivity contribution >= 4 is 0 Å². The lowest BCUT2D eigenvalue weighted by Gasteiger charge is -1.99. The van der Waals surface area contributed by atoms with Gasteiger partial charge in [-0.3, -0.25) is 0 Å². The van der Waals surface area contributed by atoms with Gasteiger partial charge < -0.3 is 0 Å². The summed E-state index contributed by atoms with van der Waals surface area (Å²) in [5.41, 5.74) is 0.0800. The van der Waals surface area contributed by atoms with Crippen LogP contribution in [0, 0.1) is 18.6 Å². The van der Waals surface area contributed by atoms with Crippen LogP contribution in [0.2, 0.25) is 0 Å². The second-order valence-electron chi connectivity index (χ2n) is 2.89. The van der Waals surface area contributed by atoms with Gasteiger partial charge in [-0.15, -0.1) is 20.4 Å². The first-order chi connectivity index (χ1) is 7.16. The molecule has 2 rings (SSSR count). The fourth-order valence-corrected chi connectivity index (χ4v) is 1.06. The van der Waals surface area contributed by atoms with Crippen LogP contribution in [0.1, 0.15) is 5.82 Å². The van der Waals surface area contributed by atoms with Crippen LogP contribution in [-0.2, 0) is 0 Å². The second kappa shape index (κ2) is 3.64. The van der Waals surface area contributed by atoms with Crippen molar-refractivity contribution in [2.45, 2.75) is 6.92 Å². The van der Waals surface area contributed by atoms with Crippen molar-refractivity contribution in [2.24, 2.45) is 0 Å². The number of hydrogen-bond donors (Lipinski definition) is 0. The highest BCUT2D eigenvalue weighted by atomic mass is 19.1. The fourth-order valence-electron chi connectivity index (χ4n) is 1.06. The molecule has 15 heavy (non-hydrogen) atoms. The summed E-state index contributed by atoms with van der Waals surface area (Å²) in [5, 5.41) is 14.6. The van der Waals surface area contributed by atoms with Gasteiger partial charge in [0.1, 0.15) is 11.6 Å². The van der Waals surface area contributed by atoms with E-state index in [1.807, 2.05) is 0 Å². The van der Waals surface area contributed by atoms with Crippen molar-refractivity contribution in [3.8, 4) is 11.4 Å². The van der Waals surface area contributed by atoms with Gasteiger partial charge in [-0.25, -0.2) is 8.78 Å². The van der Waals surface area contributed by atoms with E-state index in [1.54, 1.807) is 6.92 Å². The lowest BCUT2D eigenvalue weighted by molar-refractivity contribution is 0.584. The molecule has 0 amide bonds. The van der Waals surface area contributed by atoms with Crippen molar-refractivity contribution in [2.75, 3.05) is 0 Å². The maximum absolute atomic E-state index is 13.3.